The molecule has 0 saturated heterocycles. The van der Waals surface area contributed by atoms with Gasteiger partial charge in [-0.2, -0.15) is 26.3 Å². The highest BCUT2D eigenvalue weighted by Gasteiger charge is 2.55. The van der Waals surface area contributed by atoms with Crippen molar-refractivity contribution in [2.24, 2.45) is 5.92 Å². The second-order valence-electron chi connectivity index (χ2n) is 4.99. The number of alkyl halides is 6. The normalized spacial score (nSPS) is 12.5. The molecule has 1 rings (SSSR count). The molecule has 0 spiro atoms. The van der Waals surface area contributed by atoms with E-state index < -0.39 is 30.7 Å². The Balaban J connectivity index is 2.26. The van der Waals surface area contributed by atoms with Crippen LogP contribution in [-0.2, 0) is 4.74 Å². The van der Waals surface area contributed by atoms with Crippen molar-refractivity contribution in [1.29, 1.82) is 0 Å². The molecular formula is C15H16F6O2. The minimum atomic E-state index is -5.29. The van der Waals surface area contributed by atoms with Gasteiger partial charge >= 0.3 is 18.3 Å². The number of rotatable bonds is 7. The third kappa shape index (κ3) is 6.92. The van der Waals surface area contributed by atoms with Crippen LogP contribution in [0.15, 0.2) is 30.3 Å². The van der Waals surface area contributed by atoms with Crippen LogP contribution in [0.5, 0.6) is 0 Å². The van der Waals surface area contributed by atoms with E-state index in [4.69, 9.17) is 4.74 Å². The third-order valence-corrected chi connectivity index (χ3v) is 3.17. The van der Waals surface area contributed by atoms with E-state index >= 15 is 0 Å². The van der Waals surface area contributed by atoms with Gasteiger partial charge in [-0.1, -0.05) is 31.0 Å². The highest BCUT2D eigenvalue weighted by Crippen LogP contribution is 2.42. The first-order chi connectivity index (χ1) is 10.6. The number of unbranched alkanes of at least 4 members (excludes halogenated alkanes) is 2. The fourth-order valence-corrected chi connectivity index (χ4v) is 1.96. The van der Waals surface area contributed by atoms with Crippen LogP contribution in [0.4, 0.5) is 26.3 Å². The van der Waals surface area contributed by atoms with Crippen LogP contribution >= 0.6 is 0 Å². The standard InChI is InChI=1S/C15H16F6O2/c16-14(17,18)12(15(19,20)21)9-5-2-6-10-23-13(22)11-7-3-1-4-8-11/h1,3-4,7-8,12H,2,5-6,9-10H2. The van der Waals surface area contributed by atoms with Gasteiger partial charge in [-0.05, 0) is 25.0 Å². The molecule has 0 radical (unpaired) electrons. The van der Waals surface area contributed by atoms with Gasteiger partial charge in [-0.15, -0.1) is 0 Å². The maximum absolute atomic E-state index is 12.3. The van der Waals surface area contributed by atoms with Crippen LogP contribution in [0.3, 0.4) is 0 Å². The fourth-order valence-electron chi connectivity index (χ4n) is 1.96. The van der Waals surface area contributed by atoms with Gasteiger partial charge in [0.1, 0.15) is 0 Å². The Bertz CT molecular complexity index is 467. The molecular weight excluding hydrogens is 326 g/mol. The number of esters is 1. The van der Waals surface area contributed by atoms with Crippen LogP contribution in [0.2, 0.25) is 0 Å². The molecule has 0 amide bonds. The number of hydrogen-bond donors (Lipinski definition) is 0. The zero-order valence-electron chi connectivity index (χ0n) is 12.1. The van der Waals surface area contributed by atoms with Crippen molar-refractivity contribution < 1.29 is 35.9 Å². The van der Waals surface area contributed by atoms with Gasteiger partial charge in [0.2, 0.25) is 0 Å². The summed E-state index contributed by atoms with van der Waals surface area (Å²) < 4.78 is 78.7. The minimum Gasteiger partial charge on any atom is -0.462 e. The average Bonchev–Trinajstić information content (AvgIpc) is 2.44. The van der Waals surface area contributed by atoms with Crippen molar-refractivity contribution in [2.45, 2.75) is 38.0 Å². The molecule has 8 heteroatoms. The first-order valence-electron chi connectivity index (χ1n) is 6.98. The summed E-state index contributed by atoms with van der Waals surface area (Å²) in [5.41, 5.74) is 0.335. The second-order valence-corrected chi connectivity index (χ2v) is 4.99. The molecule has 0 N–H and O–H groups in total. The summed E-state index contributed by atoms with van der Waals surface area (Å²) in [6.07, 6.45) is -11.5. The number of hydrogen-bond acceptors (Lipinski definition) is 2. The van der Waals surface area contributed by atoms with Gasteiger partial charge in [-0.25, -0.2) is 4.79 Å². The summed E-state index contributed by atoms with van der Waals surface area (Å²) in [6, 6.07) is 8.09. The molecule has 2 nitrogen and oxygen atoms in total. The van der Waals surface area contributed by atoms with Crippen molar-refractivity contribution in [1.82, 2.24) is 0 Å². The molecule has 0 heterocycles. The minimum absolute atomic E-state index is 0.0452. The van der Waals surface area contributed by atoms with Crippen LogP contribution < -0.4 is 0 Å². The van der Waals surface area contributed by atoms with E-state index in [1.165, 1.54) is 0 Å². The summed E-state index contributed by atoms with van der Waals surface area (Å²) in [7, 11) is 0. The Morgan fingerprint density at radius 2 is 1.48 bits per heavy atom. The first-order valence-corrected chi connectivity index (χ1v) is 6.98. The summed E-state index contributed by atoms with van der Waals surface area (Å²) >= 11 is 0. The van der Waals surface area contributed by atoms with Gasteiger partial charge in [0.25, 0.3) is 0 Å². The molecule has 0 atom stereocenters. The third-order valence-electron chi connectivity index (χ3n) is 3.17. The Labute approximate surface area is 129 Å². The van der Waals surface area contributed by atoms with Crippen molar-refractivity contribution >= 4 is 5.97 Å². The van der Waals surface area contributed by atoms with Gasteiger partial charge in [-0.3, -0.25) is 0 Å². The zero-order valence-corrected chi connectivity index (χ0v) is 12.1. The van der Waals surface area contributed by atoms with E-state index in [0.717, 1.165) is 0 Å². The maximum atomic E-state index is 12.3. The number of carbonyl (C=O) groups is 1. The topological polar surface area (TPSA) is 26.3 Å². The van der Waals surface area contributed by atoms with Gasteiger partial charge in [0.05, 0.1) is 12.2 Å². The van der Waals surface area contributed by atoms with Crippen LogP contribution in [-0.4, -0.2) is 24.9 Å². The molecule has 130 valence electrons. The first kappa shape index (κ1) is 19.3. The van der Waals surface area contributed by atoms with Gasteiger partial charge in [0.15, 0.2) is 5.92 Å². The molecule has 1 aromatic carbocycles. The Morgan fingerprint density at radius 1 is 0.913 bits per heavy atom. The molecule has 0 aromatic heterocycles. The Hall–Kier alpha value is -1.73. The lowest BCUT2D eigenvalue weighted by Crippen LogP contribution is -2.36. The van der Waals surface area contributed by atoms with Crippen molar-refractivity contribution in [2.75, 3.05) is 6.61 Å². The molecule has 0 bridgehead atoms. The van der Waals surface area contributed by atoms with E-state index in [-0.39, 0.29) is 25.9 Å². The molecule has 0 saturated carbocycles. The summed E-state index contributed by atoms with van der Waals surface area (Å²) in [5, 5.41) is 0. The predicted molar refractivity (Wildman–Crippen MR) is 70.8 cm³/mol. The lowest BCUT2D eigenvalue weighted by atomic mass is 10.00. The Morgan fingerprint density at radius 3 is 2.00 bits per heavy atom. The number of carbonyl (C=O) groups excluding carboxylic acids is 1. The molecule has 23 heavy (non-hydrogen) atoms. The fraction of sp³-hybridized carbons (Fsp3) is 0.533. The zero-order chi connectivity index (χ0) is 17.5. The maximum Gasteiger partial charge on any atom is 0.400 e. The van der Waals surface area contributed by atoms with Gasteiger partial charge in [0, 0.05) is 0 Å². The lowest BCUT2D eigenvalue weighted by Gasteiger charge is -2.22. The molecule has 1 aromatic rings. The molecule has 0 aliphatic heterocycles. The molecule has 0 fully saturated rings. The van der Waals surface area contributed by atoms with E-state index in [9.17, 15) is 31.1 Å². The molecule has 0 unspecified atom stereocenters. The number of ether oxygens (including phenoxy) is 1. The largest absolute Gasteiger partial charge is 0.462 e. The van der Waals surface area contributed by atoms with Gasteiger partial charge < -0.3 is 4.74 Å². The highest BCUT2D eigenvalue weighted by molar-refractivity contribution is 5.89. The summed E-state index contributed by atoms with van der Waals surface area (Å²) in [6.45, 7) is -0.0452. The Kier molecular flexibility index (Phi) is 6.90. The second kappa shape index (κ2) is 8.21. The average molecular weight is 342 g/mol. The van der Waals surface area contributed by atoms with Crippen LogP contribution in [0.25, 0.3) is 0 Å². The number of benzene rings is 1. The SMILES string of the molecule is O=C(OCCCCCC(C(F)(F)F)C(F)(F)F)c1ccccc1. The highest BCUT2D eigenvalue weighted by atomic mass is 19.4. The van der Waals surface area contributed by atoms with Crippen molar-refractivity contribution in [3.8, 4) is 0 Å². The van der Waals surface area contributed by atoms with Crippen LogP contribution in [0.1, 0.15) is 36.0 Å². The van der Waals surface area contributed by atoms with E-state index in [1.54, 1.807) is 30.3 Å². The summed E-state index contributed by atoms with van der Waals surface area (Å²) in [5.74, 6) is -3.88. The lowest BCUT2D eigenvalue weighted by molar-refractivity contribution is -0.285. The number of halogens is 6. The van der Waals surface area contributed by atoms with Crippen molar-refractivity contribution in [3.05, 3.63) is 35.9 Å². The van der Waals surface area contributed by atoms with E-state index in [1.807, 2.05) is 0 Å². The van der Waals surface area contributed by atoms with Crippen molar-refractivity contribution in [3.63, 3.8) is 0 Å². The molecule has 0 aliphatic rings. The quantitative estimate of drug-likeness (QED) is 0.389. The predicted octanol–water partition coefficient (Wildman–Crippen LogP) is 5.14. The monoisotopic (exact) mass is 342 g/mol. The molecule has 0 aliphatic carbocycles. The smallest absolute Gasteiger partial charge is 0.400 e. The summed E-state index contributed by atoms with van der Waals surface area (Å²) in [4.78, 5) is 11.5. The van der Waals surface area contributed by atoms with E-state index in [2.05, 4.69) is 0 Å². The van der Waals surface area contributed by atoms with E-state index in [0.29, 0.717) is 5.56 Å². The van der Waals surface area contributed by atoms with Crippen LogP contribution in [0, 0.1) is 5.92 Å².